The van der Waals surface area contributed by atoms with Gasteiger partial charge >= 0.3 is 0 Å². The summed E-state index contributed by atoms with van der Waals surface area (Å²) in [6.45, 7) is 7.55. The Hall–Kier alpha value is -3.49. The minimum absolute atomic E-state index is 0.0283. The molecule has 1 N–H and O–H groups in total. The fourth-order valence-corrected chi connectivity index (χ4v) is 4.22. The summed E-state index contributed by atoms with van der Waals surface area (Å²) < 4.78 is 24.5. The van der Waals surface area contributed by atoms with Crippen LogP contribution in [0.5, 0.6) is 5.75 Å². The molecule has 8 heteroatoms. The summed E-state index contributed by atoms with van der Waals surface area (Å²) in [7, 11) is 0. The second-order valence-corrected chi connectivity index (χ2v) is 8.13. The van der Waals surface area contributed by atoms with E-state index < -0.39 is 23.5 Å². The number of Topliss-reactive ketones (excluding diaryl/α,β-unsaturated/α-hetero) is 1. The number of hydrogen-bond donors (Lipinski definition) is 1. The lowest BCUT2D eigenvalue weighted by molar-refractivity contribution is -0.140. The zero-order valence-corrected chi connectivity index (χ0v) is 18.8. The monoisotopic (exact) mass is 466 g/mol. The number of nitrogens with zero attached hydrogens (tertiary/aromatic N) is 2. The molecule has 34 heavy (non-hydrogen) atoms. The molecule has 0 aromatic heterocycles. The van der Waals surface area contributed by atoms with Crippen molar-refractivity contribution in [3.05, 3.63) is 83.7 Å². The summed E-state index contributed by atoms with van der Waals surface area (Å²) in [5.41, 5.74) is 0.863. The van der Waals surface area contributed by atoms with Crippen LogP contribution in [0.15, 0.2) is 66.8 Å². The summed E-state index contributed by atoms with van der Waals surface area (Å²) in [5.74, 6) is -1.70. The van der Waals surface area contributed by atoms with Crippen molar-refractivity contribution in [3.8, 4) is 5.75 Å². The van der Waals surface area contributed by atoms with Gasteiger partial charge in [-0.3, -0.25) is 14.5 Å². The number of likely N-dealkylation sites (tertiary alicyclic amines) is 1. The SMILES string of the molecule is C=CCOc1cccc(C2/C(=C(\O)c3ccc(F)cc3)C(=O)C(=O)N2CCN2CCOCC2)c1. The van der Waals surface area contributed by atoms with E-state index in [1.807, 2.05) is 0 Å². The maximum atomic E-state index is 13.4. The van der Waals surface area contributed by atoms with E-state index in [1.165, 1.54) is 29.2 Å². The number of ketones is 1. The molecule has 0 saturated carbocycles. The highest BCUT2D eigenvalue weighted by molar-refractivity contribution is 6.46. The maximum absolute atomic E-state index is 13.4. The summed E-state index contributed by atoms with van der Waals surface area (Å²) in [5, 5.41) is 11.1. The van der Waals surface area contributed by atoms with Gasteiger partial charge in [0.25, 0.3) is 11.7 Å². The lowest BCUT2D eigenvalue weighted by Gasteiger charge is -2.31. The molecular weight excluding hydrogens is 439 g/mol. The number of carbonyl (C=O) groups excluding carboxylic acids is 2. The molecule has 0 bridgehead atoms. The van der Waals surface area contributed by atoms with E-state index in [9.17, 15) is 19.1 Å². The van der Waals surface area contributed by atoms with E-state index in [0.29, 0.717) is 44.2 Å². The van der Waals surface area contributed by atoms with Gasteiger partial charge in [0, 0.05) is 31.7 Å². The second kappa shape index (κ2) is 10.6. The third kappa shape index (κ3) is 5.03. The first kappa shape index (κ1) is 23.7. The van der Waals surface area contributed by atoms with Crippen LogP contribution in [0.4, 0.5) is 4.39 Å². The van der Waals surface area contributed by atoms with Crippen molar-refractivity contribution in [2.45, 2.75) is 6.04 Å². The lowest BCUT2D eigenvalue weighted by atomic mass is 9.95. The van der Waals surface area contributed by atoms with Crippen LogP contribution in [0.1, 0.15) is 17.2 Å². The number of benzene rings is 2. The van der Waals surface area contributed by atoms with Crippen LogP contribution in [-0.4, -0.2) is 72.6 Å². The third-order valence-corrected chi connectivity index (χ3v) is 5.96. The Labute approximate surface area is 197 Å². The highest BCUT2D eigenvalue weighted by Crippen LogP contribution is 2.40. The van der Waals surface area contributed by atoms with Gasteiger partial charge in [-0.25, -0.2) is 4.39 Å². The molecule has 2 aromatic carbocycles. The molecule has 1 unspecified atom stereocenters. The molecule has 178 valence electrons. The minimum atomic E-state index is -0.807. The number of aliphatic hydroxyl groups excluding tert-OH is 1. The molecule has 2 aromatic rings. The van der Waals surface area contributed by atoms with E-state index >= 15 is 0 Å². The van der Waals surface area contributed by atoms with Crippen LogP contribution in [0.2, 0.25) is 0 Å². The van der Waals surface area contributed by atoms with E-state index in [2.05, 4.69) is 11.5 Å². The van der Waals surface area contributed by atoms with Crippen LogP contribution in [0.25, 0.3) is 5.76 Å². The predicted molar refractivity (Wildman–Crippen MR) is 125 cm³/mol. The molecular formula is C26H27FN2O5. The number of hydrogen-bond acceptors (Lipinski definition) is 6. The smallest absolute Gasteiger partial charge is 0.295 e. The quantitative estimate of drug-likeness (QED) is 0.279. The summed E-state index contributed by atoms with van der Waals surface area (Å²) in [6, 6.07) is 11.4. The highest BCUT2D eigenvalue weighted by Gasteiger charge is 2.46. The molecule has 1 amide bonds. The van der Waals surface area contributed by atoms with Gasteiger partial charge < -0.3 is 19.5 Å². The van der Waals surface area contributed by atoms with Crippen molar-refractivity contribution in [2.75, 3.05) is 46.0 Å². The fourth-order valence-electron chi connectivity index (χ4n) is 4.22. The fraction of sp³-hybridized carbons (Fsp3) is 0.308. The molecule has 0 spiro atoms. The topological polar surface area (TPSA) is 79.3 Å². The Morgan fingerprint density at radius 2 is 1.88 bits per heavy atom. The van der Waals surface area contributed by atoms with Crippen LogP contribution < -0.4 is 4.74 Å². The normalized spacial score (nSPS) is 20.5. The van der Waals surface area contributed by atoms with Crippen molar-refractivity contribution >= 4 is 17.4 Å². The van der Waals surface area contributed by atoms with Crippen molar-refractivity contribution in [1.82, 2.24) is 9.80 Å². The molecule has 1 atom stereocenters. The van der Waals surface area contributed by atoms with Crippen molar-refractivity contribution < 1.29 is 28.6 Å². The van der Waals surface area contributed by atoms with Gasteiger partial charge in [-0.15, -0.1) is 0 Å². The van der Waals surface area contributed by atoms with E-state index in [4.69, 9.17) is 9.47 Å². The van der Waals surface area contributed by atoms with Gasteiger partial charge in [0.05, 0.1) is 24.8 Å². The standard InChI is InChI=1S/C26H27FN2O5/c1-2-14-34-21-5-3-4-19(17-21)23-22(24(30)18-6-8-20(27)9-7-18)25(31)26(32)29(23)11-10-28-12-15-33-16-13-28/h2-9,17,23,30H,1,10-16H2/b24-22+. The van der Waals surface area contributed by atoms with Crippen LogP contribution in [0, 0.1) is 5.82 Å². The first-order chi connectivity index (χ1) is 16.5. The van der Waals surface area contributed by atoms with Gasteiger partial charge in [0.1, 0.15) is 23.9 Å². The van der Waals surface area contributed by atoms with Gasteiger partial charge in [0.15, 0.2) is 0 Å². The molecule has 0 radical (unpaired) electrons. The molecule has 2 aliphatic heterocycles. The highest BCUT2D eigenvalue weighted by atomic mass is 19.1. The van der Waals surface area contributed by atoms with Gasteiger partial charge in [0.2, 0.25) is 0 Å². The molecule has 7 nitrogen and oxygen atoms in total. The molecule has 4 rings (SSSR count). The summed E-state index contributed by atoms with van der Waals surface area (Å²) in [6.07, 6.45) is 1.62. The largest absolute Gasteiger partial charge is 0.507 e. The first-order valence-corrected chi connectivity index (χ1v) is 11.2. The van der Waals surface area contributed by atoms with Crippen LogP contribution in [0.3, 0.4) is 0 Å². The number of amides is 1. The molecule has 0 aliphatic carbocycles. The number of morpholine rings is 1. The molecule has 2 fully saturated rings. The maximum Gasteiger partial charge on any atom is 0.295 e. The summed E-state index contributed by atoms with van der Waals surface area (Å²) >= 11 is 0. The Bertz CT molecular complexity index is 1090. The number of rotatable bonds is 8. The Kier molecular flexibility index (Phi) is 7.40. The van der Waals surface area contributed by atoms with Gasteiger partial charge in [-0.1, -0.05) is 24.8 Å². The number of aliphatic hydroxyl groups is 1. The predicted octanol–water partition coefficient (Wildman–Crippen LogP) is 3.14. The van der Waals surface area contributed by atoms with Gasteiger partial charge in [-0.05, 0) is 42.0 Å². The average Bonchev–Trinajstić information content (AvgIpc) is 3.12. The molecule has 2 heterocycles. The number of ether oxygens (including phenoxy) is 2. The number of carbonyl (C=O) groups is 2. The van der Waals surface area contributed by atoms with Crippen molar-refractivity contribution in [2.24, 2.45) is 0 Å². The van der Waals surface area contributed by atoms with E-state index in [-0.39, 0.29) is 16.9 Å². The van der Waals surface area contributed by atoms with Crippen LogP contribution in [-0.2, 0) is 14.3 Å². The van der Waals surface area contributed by atoms with E-state index in [0.717, 1.165) is 13.1 Å². The Balaban J connectivity index is 1.73. The second-order valence-electron chi connectivity index (χ2n) is 8.13. The summed E-state index contributed by atoms with van der Waals surface area (Å²) in [4.78, 5) is 29.9. The zero-order valence-electron chi connectivity index (χ0n) is 18.8. The van der Waals surface area contributed by atoms with Crippen LogP contribution >= 0.6 is 0 Å². The first-order valence-electron chi connectivity index (χ1n) is 11.2. The Morgan fingerprint density at radius 3 is 2.59 bits per heavy atom. The number of halogens is 1. The van der Waals surface area contributed by atoms with E-state index in [1.54, 1.807) is 30.3 Å². The third-order valence-electron chi connectivity index (χ3n) is 5.96. The lowest BCUT2D eigenvalue weighted by Crippen LogP contribution is -2.42. The molecule has 2 aliphatic rings. The van der Waals surface area contributed by atoms with Gasteiger partial charge in [-0.2, -0.15) is 0 Å². The average molecular weight is 467 g/mol. The minimum Gasteiger partial charge on any atom is -0.507 e. The Morgan fingerprint density at radius 1 is 1.15 bits per heavy atom. The zero-order chi connectivity index (χ0) is 24.1. The molecule has 2 saturated heterocycles. The van der Waals surface area contributed by atoms with Crippen molar-refractivity contribution in [1.29, 1.82) is 0 Å². The van der Waals surface area contributed by atoms with Crippen molar-refractivity contribution in [3.63, 3.8) is 0 Å².